The molecule has 0 saturated carbocycles. The van der Waals surface area contributed by atoms with Crippen LogP contribution in [-0.2, 0) is 10.0 Å². The largest absolute Gasteiger partial charge is 0.493 e. The van der Waals surface area contributed by atoms with Gasteiger partial charge in [-0.3, -0.25) is 9.52 Å². The molecule has 0 aliphatic rings. The number of halogens is 1. The summed E-state index contributed by atoms with van der Waals surface area (Å²) in [5.74, 6) is 0.143. The van der Waals surface area contributed by atoms with Crippen LogP contribution < -0.4 is 25.2 Å². The average Bonchev–Trinajstić information content (AvgIpc) is 2.51. The van der Waals surface area contributed by atoms with Crippen LogP contribution in [0.15, 0.2) is 12.1 Å². The summed E-state index contributed by atoms with van der Waals surface area (Å²) >= 11 is 0. The zero-order valence-corrected chi connectivity index (χ0v) is 17.5. The molecule has 1 rings (SSSR count). The number of hydrogen-bond donors (Lipinski definition) is 3. The normalized spacial score (nSPS) is 13.4. The van der Waals surface area contributed by atoms with Gasteiger partial charge in [-0.25, -0.2) is 8.42 Å². The van der Waals surface area contributed by atoms with Gasteiger partial charge < -0.3 is 20.5 Å². The maximum atomic E-state index is 12.7. The Kier molecular flexibility index (Phi) is 8.68. The molecule has 0 aliphatic carbocycles. The lowest BCUT2D eigenvalue weighted by Crippen LogP contribution is -2.55. The number of ether oxygens (including phenoxy) is 2. The Morgan fingerprint density at radius 1 is 1.27 bits per heavy atom. The molecule has 4 N–H and O–H groups in total. The summed E-state index contributed by atoms with van der Waals surface area (Å²) in [6.45, 7) is 6.03. The van der Waals surface area contributed by atoms with E-state index < -0.39 is 15.6 Å². The monoisotopic (exact) mass is 409 g/mol. The van der Waals surface area contributed by atoms with E-state index in [-0.39, 0.29) is 53.5 Å². The molecule has 0 aromatic heterocycles. The number of carbonyl (C=O) groups is 1. The molecule has 10 heteroatoms. The second-order valence-corrected chi connectivity index (χ2v) is 8.11. The van der Waals surface area contributed by atoms with Crippen molar-refractivity contribution < 1.29 is 22.7 Å². The first-order valence-corrected chi connectivity index (χ1v) is 9.63. The minimum absolute atomic E-state index is 0. The molecule has 150 valence electrons. The molecule has 0 aliphatic heterocycles. The molecule has 1 aromatic rings. The molecule has 0 fully saturated rings. The van der Waals surface area contributed by atoms with E-state index in [1.54, 1.807) is 0 Å². The number of sulfonamides is 1. The van der Waals surface area contributed by atoms with Crippen molar-refractivity contribution in [2.75, 3.05) is 31.7 Å². The standard InChI is InChI=1S/C16H27N3O5S.ClH/c1-10(2)16(3,9-17)18-15(20)11-7-12(19-25(6,21)22)14(24-5)13(8-11)23-4;/h7-8,10,19H,9,17H2,1-6H3,(H,18,20);1H. The third-order valence-electron chi connectivity index (χ3n) is 4.13. The summed E-state index contributed by atoms with van der Waals surface area (Å²) in [4.78, 5) is 12.7. The number of hydrogen-bond acceptors (Lipinski definition) is 6. The highest BCUT2D eigenvalue weighted by atomic mass is 35.5. The lowest BCUT2D eigenvalue weighted by Gasteiger charge is -2.33. The van der Waals surface area contributed by atoms with Gasteiger partial charge in [-0.05, 0) is 25.0 Å². The molecule has 0 heterocycles. The fourth-order valence-corrected chi connectivity index (χ4v) is 2.68. The smallest absolute Gasteiger partial charge is 0.251 e. The predicted octanol–water partition coefficient (Wildman–Crippen LogP) is 1.60. The predicted molar refractivity (Wildman–Crippen MR) is 105 cm³/mol. The summed E-state index contributed by atoms with van der Waals surface area (Å²) in [5.41, 5.74) is 5.54. The van der Waals surface area contributed by atoms with E-state index in [1.807, 2.05) is 20.8 Å². The molecule has 0 radical (unpaired) electrons. The summed E-state index contributed by atoms with van der Waals surface area (Å²) in [5, 5.41) is 2.90. The number of nitrogens with one attached hydrogen (secondary N) is 2. The van der Waals surface area contributed by atoms with Crippen LogP contribution in [0.3, 0.4) is 0 Å². The number of carbonyl (C=O) groups excluding carboxylic acids is 1. The van der Waals surface area contributed by atoms with Gasteiger partial charge in [0.15, 0.2) is 11.5 Å². The fraction of sp³-hybridized carbons (Fsp3) is 0.562. The van der Waals surface area contributed by atoms with Crippen LogP contribution in [-0.4, -0.2) is 46.9 Å². The van der Waals surface area contributed by atoms with Crippen molar-refractivity contribution in [3.05, 3.63) is 17.7 Å². The first kappa shape index (κ1) is 24.3. The second-order valence-electron chi connectivity index (χ2n) is 6.36. The van der Waals surface area contributed by atoms with Gasteiger partial charge >= 0.3 is 0 Å². The van der Waals surface area contributed by atoms with Crippen LogP contribution in [0.2, 0.25) is 0 Å². The van der Waals surface area contributed by atoms with Crippen molar-refractivity contribution in [1.82, 2.24) is 5.32 Å². The van der Waals surface area contributed by atoms with Crippen LogP contribution in [0.1, 0.15) is 31.1 Å². The van der Waals surface area contributed by atoms with Gasteiger partial charge in [0.1, 0.15) is 0 Å². The molecule has 0 bridgehead atoms. The molecule has 1 unspecified atom stereocenters. The number of benzene rings is 1. The van der Waals surface area contributed by atoms with Crippen molar-refractivity contribution in [2.45, 2.75) is 26.3 Å². The van der Waals surface area contributed by atoms with E-state index in [0.717, 1.165) is 6.26 Å². The van der Waals surface area contributed by atoms with Crippen LogP contribution in [0.4, 0.5) is 5.69 Å². The van der Waals surface area contributed by atoms with Crippen LogP contribution in [0.5, 0.6) is 11.5 Å². The Hall–Kier alpha value is -1.71. The molecule has 0 saturated heterocycles. The van der Waals surface area contributed by atoms with E-state index in [0.29, 0.717) is 0 Å². The van der Waals surface area contributed by atoms with Crippen molar-refractivity contribution in [1.29, 1.82) is 0 Å². The molecule has 0 spiro atoms. The highest BCUT2D eigenvalue weighted by molar-refractivity contribution is 7.92. The van der Waals surface area contributed by atoms with E-state index in [1.165, 1.54) is 26.4 Å². The second kappa shape index (κ2) is 9.29. The summed E-state index contributed by atoms with van der Waals surface area (Å²) in [6, 6.07) is 2.88. The van der Waals surface area contributed by atoms with E-state index in [9.17, 15) is 13.2 Å². The lowest BCUT2D eigenvalue weighted by atomic mass is 9.88. The van der Waals surface area contributed by atoms with E-state index in [2.05, 4.69) is 10.0 Å². The van der Waals surface area contributed by atoms with Crippen LogP contribution in [0, 0.1) is 5.92 Å². The van der Waals surface area contributed by atoms with Gasteiger partial charge in [-0.15, -0.1) is 12.4 Å². The van der Waals surface area contributed by atoms with E-state index in [4.69, 9.17) is 15.2 Å². The zero-order chi connectivity index (χ0) is 19.4. The van der Waals surface area contributed by atoms with Gasteiger partial charge in [0.2, 0.25) is 10.0 Å². The quantitative estimate of drug-likeness (QED) is 0.599. The fourth-order valence-electron chi connectivity index (χ4n) is 2.13. The van der Waals surface area contributed by atoms with Crippen molar-refractivity contribution in [3.63, 3.8) is 0 Å². The first-order chi connectivity index (χ1) is 11.5. The Bertz CT molecular complexity index is 740. The third-order valence-corrected chi connectivity index (χ3v) is 4.72. The van der Waals surface area contributed by atoms with Crippen LogP contribution >= 0.6 is 12.4 Å². The number of nitrogens with two attached hydrogens (primary N) is 1. The van der Waals surface area contributed by atoms with Gasteiger partial charge in [0, 0.05) is 12.1 Å². The summed E-state index contributed by atoms with van der Waals surface area (Å²) in [7, 11) is -0.779. The zero-order valence-electron chi connectivity index (χ0n) is 15.9. The molecule has 1 atom stereocenters. The molecule has 1 aromatic carbocycles. The maximum Gasteiger partial charge on any atom is 0.251 e. The third kappa shape index (κ3) is 5.93. The Morgan fingerprint density at radius 3 is 2.23 bits per heavy atom. The maximum absolute atomic E-state index is 12.7. The summed E-state index contributed by atoms with van der Waals surface area (Å²) < 4.78 is 35.9. The van der Waals surface area contributed by atoms with Crippen molar-refractivity contribution >= 4 is 34.0 Å². The number of methoxy groups -OCH3 is 2. The Balaban J connectivity index is 0.00000625. The van der Waals surface area contributed by atoms with Gasteiger partial charge in [0.05, 0.1) is 31.7 Å². The topological polar surface area (TPSA) is 120 Å². The van der Waals surface area contributed by atoms with E-state index >= 15 is 0 Å². The Labute approximate surface area is 161 Å². The number of rotatable bonds is 8. The molecular formula is C16H28ClN3O5S. The lowest BCUT2D eigenvalue weighted by molar-refractivity contribution is 0.0883. The molecular weight excluding hydrogens is 382 g/mol. The Morgan fingerprint density at radius 2 is 1.85 bits per heavy atom. The molecule has 1 amide bonds. The van der Waals surface area contributed by atoms with Gasteiger partial charge in [0.25, 0.3) is 5.91 Å². The first-order valence-electron chi connectivity index (χ1n) is 7.73. The molecule has 8 nitrogen and oxygen atoms in total. The highest BCUT2D eigenvalue weighted by Gasteiger charge is 2.29. The highest BCUT2D eigenvalue weighted by Crippen LogP contribution is 2.37. The van der Waals surface area contributed by atoms with Gasteiger partial charge in [-0.1, -0.05) is 13.8 Å². The number of amides is 1. The van der Waals surface area contributed by atoms with Crippen molar-refractivity contribution in [3.8, 4) is 11.5 Å². The minimum Gasteiger partial charge on any atom is -0.493 e. The minimum atomic E-state index is -3.57. The molecule has 26 heavy (non-hydrogen) atoms. The van der Waals surface area contributed by atoms with Crippen LogP contribution in [0.25, 0.3) is 0 Å². The number of anilines is 1. The summed E-state index contributed by atoms with van der Waals surface area (Å²) in [6.07, 6.45) is 1.01. The SMILES string of the molecule is COc1cc(C(=O)NC(C)(CN)C(C)C)cc(NS(C)(=O)=O)c1OC.Cl. The van der Waals surface area contributed by atoms with Crippen molar-refractivity contribution in [2.24, 2.45) is 11.7 Å². The average molecular weight is 410 g/mol. The van der Waals surface area contributed by atoms with Gasteiger partial charge in [-0.2, -0.15) is 0 Å².